The molecular weight excluding hydrogens is 430 g/mol. The molecule has 0 radical (unpaired) electrons. The summed E-state index contributed by atoms with van der Waals surface area (Å²) in [7, 11) is 0. The molecule has 0 spiro atoms. The Morgan fingerprint density at radius 2 is 1.56 bits per heavy atom. The van der Waals surface area contributed by atoms with E-state index in [0.29, 0.717) is 19.5 Å². The molecule has 3 aliphatic rings. The predicted octanol–water partition coefficient (Wildman–Crippen LogP) is 2.51. The second kappa shape index (κ2) is 10.1. The van der Waals surface area contributed by atoms with Crippen molar-refractivity contribution in [3.05, 3.63) is 59.5 Å². The van der Waals surface area contributed by atoms with Crippen molar-refractivity contribution in [2.45, 2.75) is 32.2 Å². The number of likely N-dealkylation sites (tertiary alicyclic amines) is 1. The van der Waals surface area contributed by atoms with Crippen molar-refractivity contribution in [2.75, 3.05) is 52.4 Å². The fourth-order valence-corrected chi connectivity index (χ4v) is 4.99. The van der Waals surface area contributed by atoms with Gasteiger partial charge in [-0.15, -0.1) is 0 Å². The molecule has 34 heavy (non-hydrogen) atoms. The van der Waals surface area contributed by atoms with Crippen molar-refractivity contribution in [3.8, 4) is 0 Å². The number of nitrogens with zero attached hydrogens (tertiary/aromatic N) is 5. The van der Waals surface area contributed by atoms with E-state index in [1.165, 1.54) is 5.56 Å². The van der Waals surface area contributed by atoms with Crippen molar-refractivity contribution in [1.82, 2.24) is 19.7 Å². The third kappa shape index (κ3) is 5.08. The number of piperazine rings is 1. The number of rotatable bonds is 6. The highest BCUT2D eigenvalue weighted by Crippen LogP contribution is 2.33. The molecule has 2 amide bonds. The van der Waals surface area contributed by atoms with Crippen LogP contribution in [-0.4, -0.2) is 89.6 Å². The van der Waals surface area contributed by atoms with E-state index in [1.54, 1.807) is 11.3 Å². The maximum absolute atomic E-state index is 13.3. The lowest BCUT2D eigenvalue weighted by Crippen LogP contribution is -2.51. The molecule has 180 valence electrons. The monoisotopic (exact) mass is 463 g/mol. The minimum atomic E-state index is -0.224. The van der Waals surface area contributed by atoms with Gasteiger partial charge in [-0.1, -0.05) is 29.8 Å². The standard InChI is InChI=1S/C26H33N5O3/c1-20-6-8-21(9-7-20)22-17-23(24-5-4-16-34-24)31(27-22)26(33)19-29-14-12-28(13-15-29)18-25(32)30-10-2-3-11-30/h4-9,16,23H,2-3,10-15,17-19H2,1H3. The average Bonchev–Trinajstić information content (AvgIpc) is 3.62. The highest BCUT2D eigenvalue weighted by atomic mass is 16.3. The van der Waals surface area contributed by atoms with Crippen LogP contribution in [0.4, 0.5) is 0 Å². The summed E-state index contributed by atoms with van der Waals surface area (Å²) >= 11 is 0. The molecule has 3 aliphatic heterocycles. The lowest BCUT2D eigenvalue weighted by atomic mass is 10.0. The fraction of sp³-hybridized carbons (Fsp3) is 0.500. The molecular formula is C26H33N5O3. The third-order valence-corrected chi connectivity index (χ3v) is 7.06. The molecule has 0 bridgehead atoms. The van der Waals surface area contributed by atoms with E-state index in [0.717, 1.165) is 69.1 Å². The molecule has 1 aromatic heterocycles. The van der Waals surface area contributed by atoms with Gasteiger partial charge in [-0.3, -0.25) is 19.4 Å². The van der Waals surface area contributed by atoms with E-state index in [1.807, 2.05) is 17.0 Å². The van der Waals surface area contributed by atoms with Gasteiger partial charge in [-0.25, -0.2) is 5.01 Å². The Labute approximate surface area is 200 Å². The highest BCUT2D eigenvalue weighted by molar-refractivity contribution is 6.03. The van der Waals surface area contributed by atoms with Crippen molar-refractivity contribution in [2.24, 2.45) is 5.10 Å². The molecule has 2 fully saturated rings. The van der Waals surface area contributed by atoms with Crippen LogP contribution in [0.15, 0.2) is 52.2 Å². The lowest BCUT2D eigenvalue weighted by molar-refractivity contribution is -0.136. The Morgan fingerprint density at radius 3 is 2.18 bits per heavy atom. The molecule has 8 heteroatoms. The maximum Gasteiger partial charge on any atom is 0.257 e. The second-order valence-corrected chi connectivity index (χ2v) is 9.53. The van der Waals surface area contributed by atoms with Crippen LogP contribution in [-0.2, 0) is 9.59 Å². The first-order chi connectivity index (χ1) is 16.6. The summed E-state index contributed by atoms with van der Waals surface area (Å²) in [5.41, 5.74) is 3.13. The van der Waals surface area contributed by atoms with Crippen molar-refractivity contribution < 1.29 is 14.0 Å². The second-order valence-electron chi connectivity index (χ2n) is 9.53. The number of hydrogen-bond acceptors (Lipinski definition) is 6. The third-order valence-electron chi connectivity index (χ3n) is 7.06. The van der Waals surface area contributed by atoms with Crippen LogP contribution >= 0.6 is 0 Å². The van der Waals surface area contributed by atoms with E-state index in [4.69, 9.17) is 9.52 Å². The number of hydrogen-bond donors (Lipinski definition) is 0. The molecule has 2 saturated heterocycles. The number of carbonyl (C=O) groups is 2. The molecule has 1 aromatic carbocycles. The molecule has 4 heterocycles. The topological polar surface area (TPSA) is 72.6 Å². The number of benzene rings is 1. The van der Waals surface area contributed by atoms with Crippen molar-refractivity contribution in [1.29, 1.82) is 0 Å². The summed E-state index contributed by atoms with van der Waals surface area (Å²) < 4.78 is 5.66. The van der Waals surface area contributed by atoms with Gasteiger partial charge >= 0.3 is 0 Å². The summed E-state index contributed by atoms with van der Waals surface area (Å²) in [5.74, 6) is 0.966. The molecule has 2 aromatic rings. The summed E-state index contributed by atoms with van der Waals surface area (Å²) in [6.07, 6.45) is 4.51. The Morgan fingerprint density at radius 1 is 0.912 bits per heavy atom. The predicted molar refractivity (Wildman–Crippen MR) is 129 cm³/mol. The summed E-state index contributed by atoms with van der Waals surface area (Å²) in [5, 5.41) is 6.35. The van der Waals surface area contributed by atoms with E-state index >= 15 is 0 Å². The lowest BCUT2D eigenvalue weighted by Gasteiger charge is -2.35. The van der Waals surface area contributed by atoms with E-state index in [9.17, 15) is 9.59 Å². The van der Waals surface area contributed by atoms with Gasteiger partial charge in [0.1, 0.15) is 11.8 Å². The van der Waals surface area contributed by atoms with Gasteiger partial charge in [0.05, 0.1) is 25.1 Å². The van der Waals surface area contributed by atoms with Gasteiger partial charge < -0.3 is 9.32 Å². The zero-order chi connectivity index (χ0) is 23.5. The first-order valence-corrected chi connectivity index (χ1v) is 12.3. The minimum absolute atomic E-state index is 0.0231. The summed E-state index contributed by atoms with van der Waals surface area (Å²) in [6, 6.07) is 11.8. The van der Waals surface area contributed by atoms with Gasteiger partial charge in [-0.05, 0) is 37.5 Å². The van der Waals surface area contributed by atoms with Crippen LogP contribution in [0.1, 0.15) is 42.2 Å². The SMILES string of the molecule is Cc1ccc(C2=NN(C(=O)CN3CCN(CC(=O)N4CCCC4)CC3)C(c3ccco3)C2)cc1. The molecule has 0 N–H and O–H groups in total. The Bertz CT molecular complexity index is 1020. The molecule has 5 rings (SSSR count). The summed E-state index contributed by atoms with van der Waals surface area (Å²) in [4.78, 5) is 32.1. The van der Waals surface area contributed by atoms with E-state index in [2.05, 4.69) is 41.0 Å². The quantitative estimate of drug-likeness (QED) is 0.658. The number of hydrazone groups is 1. The average molecular weight is 464 g/mol. The first-order valence-electron chi connectivity index (χ1n) is 12.3. The van der Waals surface area contributed by atoms with Crippen LogP contribution in [0.25, 0.3) is 0 Å². The van der Waals surface area contributed by atoms with Gasteiger partial charge in [-0.2, -0.15) is 5.10 Å². The molecule has 1 unspecified atom stereocenters. The van der Waals surface area contributed by atoms with Crippen LogP contribution in [0, 0.1) is 6.92 Å². The molecule has 8 nitrogen and oxygen atoms in total. The normalized spacial score (nSPS) is 21.8. The van der Waals surface area contributed by atoms with Crippen LogP contribution < -0.4 is 0 Å². The number of aryl methyl sites for hydroxylation is 1. The van der Waals surface area contributed by atoms with Crippen LogP contribution in [0.2, 0.25) is 0 Å². The molecule has 1 atom stereocenters. The highest BCUT2D eigenvalue weighted by Gasteiger charge is 2.35. The largest absolute Gasteiger partial charge is 0.467 e. The van der Waals surface area contributed by atoms with Crippen molar-refractivity contribution >= 4 is 17.5 Å². The Hall–Kier alpha value is -2.97. The number of furan rings is 1. The smallest absolute Gasteiger partial charge is 0.257 e. The fourth-order valence-electron chi connectivity index (χ4n) is 4.99. The van der Waals surface area contributed by atoms with Gasteiger partial charge in [0.2, 0.25) is 5.91 Å². The zero-order valence-corrected chi connectivity index (χ0v) is 19.9. The molecule has 0 saturated carbocycles. The van der Waals surface area contributed by atoms with Gasteiger partial charge in [0, 0.05) is 45.7 Å². The van der Waals surface area contributed by atoms with Gasteiger partial charge in [0.15, 0.2) is 0 Å². The summed E-state index contributed by atoms with van der Waals surface area (Å²) in [6.45, 7) is 7.78. The van der Waals surface area contributed by atoms with Gasteiger partial charge in [0.25, 0.3) is 5.91 Å². The van der Waals surface area contributed by atoms with Crippen LogP contribution in [0.5, 0.6) is 0 Å². The number of amides is 2. The zero-order valence-electron chi connectivity index (χ0n) is 19.9. The van der Waals surface area contributed by atoms with Crippen molar-refractivity contribution in [3.63, 3.8) is 0 Å². The molecule has 0 aliphatic carbocycles. The van der Waals surface area contributed by atoms with Crippen LogP contribution in [0.3, 0.4) is 0 Å². The Balaban J connectivity index is 1.20. The van der Waals surface area contributed by atoms with E-state index < -0.39 is 0 Å². The Kier molecular flexibility index (Phi) is 6.78. The number of carbonyl (C=O) groups excluding carboxylic acids is 2. The van der Waals surface area contributed by atoms with E-state index in [-0.39, 0.29) is 17.9 Å². The first kappa shape index (κ1) is 22.8. The maximum atomic E-state index is 13.3. The minimum Gasteiger partial charge on any atom is -0.467 e.